The third-order valence-corrected chi connectivity index (χ3v) is 3.82. The molecule has 0 aromatic heterocycles. The van der Waals surface area contributed by atoms with Gasteiger partial charge in [-0.05, 0) is 25.1 Å². The Morgan fingerprint density at radius 3 is 2.60 bits per heavy atom. The minimum Gasteiger partial charge on any atom is -0.326 e. The monoisotopic (exact) mass is 337 g/mol. The van der Waals surface area contributed by atoms with Crippen molar-refractivity contribution in [2.45, 2.75) is 18.9 Å². The lowest BCUT2D eigenvalue weighted by molar-refractivity contribution is -0.116. The molecule has 0 spiro atoms. The molecular weight excluding hydrogens is 321 g/mol. The maximum Gasteiger partial charge on any atom is 0.225 e. The number of halogens is 3. The zero-order valence-corrected chi connectivity index (χ0v) is 13.3. The highest BCUT2D eigenvalue weighted by atomic mass is 35.5. The first-order valence-corrected chi connectivity index (χ1v) is 7.03. The topological polar surface area (TPSA) is 58.4 Å². The first-order chi connectivity index (χ1) is 9.06. The molecule has 2 rings (SSSR count). The average molecular weight is 339 g/mol. The van der Waals surface area contributed by atoms with Gasteiger partial charge in [-0.15, -0.1) is 12.4 Å². The van der Waals surface area contributed by atoms with Crippen molar-refractivity contribution in [1.29, 1.82) is 0 Å². The van der Waals surface area contributed by atoms with E-state index in [1.165, 1.54) is 0 Å². The molecule has 0 saturated carbocycles. The number of para-hydroxylation sites is 1. The fourth-order valence-corrected chi connectivity index (χ4v) is 2.64. The summed E-state index contributed by atoms with van der Waals surface area (Å²) in [4.78, 5) is 14.1. The van der Waals surface area contributed by atoms with Gasteiger partial charge in [0.25, 0.3) is 0 Å². The number of nitrogens with one attached hydrogen (secondary N) is 1. The number of benzene rings is 1. The molecule has 112 valence electrons. The van der Waals surface area contributed by atoms with Gasteiger partial charge in [0.2, 0.25) is 5.91 Å². The Bertz CT molecular complexity index is 450. The van der Waals surface area contributed by atoms with Crippen LogP contribution >= 0.6 is 35.6 Å². The molecule has 1 aromatic carbocycles. The number of likely N-dealkylation sites (tertiary alicyclic amines) is 1. The molecule has 3 N–H and O–H groups in total. The Labute approximate surface area is 135 Å². The van der Waals surface area contributed by atoms with E-state index in [-0.39, 0.29) is 24.4 Å². The van der Waals surface area contributed by atoms with Crippen LogP contribution in [0.4, 0.5) is 5.69 Å². The molecule has 0 bridgehead atoms. The van der Waals surface area contributed by atoms with Crippen LogP contribution in [0.15, 0.2) is 18.2 Å². The largest absolute Gasteiger partial charge is 0.326 e. The molecular formula is C13H18Cl3N3O. The van der Waals surface area contributed by atoms with E-state index in [0.717, 1.165) is 19.5 Å². The molecule has 4 nitrogen and oxygen atoms in total. The van der Waals surface area contributed by atoms with E-state index in [1.807, 2.05) is 0 Å². The molecule has 1 atom stereocenters. The molecule has 1 aliphatic heterocycles. The van der Waals surface area contributed by atoms with Crippen LogP contribution < -0.4 is 11.1 Å². The highest BCUT2D eigenvalue weighted by Crippen LogP contribution is 2.29. The van der Waals surface area contributed by atoms with Crippen molar-refractivity contribution in [3.63, 3.8) is 0 Å². The fraction of sp³-hybridized carbons (Fsp3) is 0.462. The van der Waals surface area contributed by atoms with Crippen LogP contribution in [0.3, 0.4) is 0 Å². The van der Waals surface area contributed by atoms with E-state index in [9.17, 15) is 4.79 Å². The number of rotatable bonds is 4. The lowest BCUT2D eigenvalue weighted by Gasteiger charge is -2.15. The molecule has 1 aliphatic rings. The zero-order valence-electron chi connectivity index (χ0n) is 10.9. The molecule has 1 saturated heterocycles. The number of carbonyl (C=O) groups is 1. The zero-order chi connectivity index (χ0) is 13.8. The number of nitrogens with two attached hydrogens (primary N) is 1. The Kier molecular flexibility index (Phi) is 7.06. The van der Waals surface area contributed by atoms with Crippen molar-refractivity contribution in [3.8, 4) is 0 Å². The minimum atomic E-state index is -0.0875. The summed E-state index contributed by atoms with van der Waals surface area (Å²) in [5, 5.41) is 3.65. The summed E-state index contributed by atoms with van der Waals surface area (Å²) in [5.41, 5.74) is 6.30. The van der Waals surface area contributed by atoms with Crippen molar-refractivity contribution >= 4 is 47.2 Å². The van der Waals surface area contributed by atoms with E-state index >= 15 is 0 Å². The van der Waals surface area contributed by atoms with Crippen LogP contribution in [0.5, 0.6) is 0 Å². The molecule has 1 amide bonds. The molecule has 0 aliphatic carbocycles. The van der Waals surface area contributed by atoms with Crippen molar-refractivity contribution in [2.24, 2.45) is 5.73 Å². The van der Waals surface area contributed by atoms with Crippen molar-refractivity contribution in [1.82, 2.24) is 4.90 Å². The Balaban J connectivity index is 0.00000200. The minimum absolute atomic E-state index is 0. The predicted octanol–water partition coefficient (Wildman–Crippen LogP) is 2.78. The number of hydrogen-bond acceptors (Lipinski definition) is 3. The van der Waals surface area contributed by atoms with Gasteiger partial charge >= 0.3 is 0 Å². The van der Waals surface area contributed by atoms with Crippen molar-refractivity contribution < 1.29 is 4.79 Å². The van der Waals surface area contributed by atoms with Gasteiger partial charge in [0.1, 0.15) is 0 Å². The van der Waals surface area contributed by atoms with Crippen LogP contribution in [0.25, 0.3) is 0 Å². The first kappa shape index (κ1) is 17.5. The summed E-state index contributed by atoms with van der Waals surface area (Å²) in [6, 6.07) is 5.37. The molecule has 1 fully saturated rings. The Hall–Kier alpha value is -0.520. The maximum atomic E-state index is 11.9. The average Bonchev–Trinajstić information content (AvgIpc) is 2.77. The summed E-state index contributed by atoms with van der Waals surface area (Å²) in [7, 11) is 0. The fourth-order valence-electron chi connectivity index (χ4n) is 2.14. The van der Waals surface area contributed by atoms with Gasteiger partial charge in [-0.3, -0.25) is 4.79 Å². The van der Waals surface area contributed by atoms with E-state index in [1.54, 1.807) is 18.2 Å². The molecule has 20 heavy (non-hydrogen) atoms. The van der Waals surface area contributed by atoms with Gasteiger partial charge in [-0.25, -0.2) is 0 Å². The van der Waals surface area contributed by atoms with Gasteiger partial charge in [0.15, 0.2) is 0 Å². The molecule has 0 radical (unpaired) electrons. The van der Waals surface area contributed by atoms with Crippen molar-refractivity contribution in [3.05, 3.63) is 28.2 Å². The number of anilines is 1. The lowest BCUT2D eigenvalue weighted by atomic mass is 10.3. The van der Waals surface area contributed by atoms with E-state index in [2.05, 4.69) is 10.2 Å². The second-order valence-corrected chi connectivity index (χ2v) is 5.56. The number of amides is 1. The van der Waals surface area contributed by atoms with Crippen molar-refractivity contribution in [2.75, 3.05) is 25.0 Å². The van der Waals surface area contributed by atoms with Crippen LogP contribution in [-0.2, 0) is 4.79 Å². The standard InChI is InChI=1S/C13H17Cl2N3O.ClH/c14-10-2-1-3-11(15)13(10)17-12(19)5-7-18-6-4-9(16)8-18;/h1-3,9H,4-8,16H2,(H,17,19);1H/t9-;/m1./s1. The van der Waals surface area contributed by atoms with E-state index in [4.69, 9.17) is 28.9 Å². The van der Waals surface area contributed by atoms with E-state index in [0.29, 0.717) is 28.7 Å². The summed E-state index contributed by atoms with van der Waals surface area (Å²) >= 11 is 12.0. The summed E-state index contributed by atoms with van der Waals surface area (Å²) in [5.74, 6) is -0.0875. The van der Waals surface area contributed by atoms with Gasteiger partial charge in [-0.1, -0.05) is 29.3 Å². The second-order valence-electron chi connectivity index (χ2n) is 4.74. The summed E-state index contributed by atoms with van der Waals surface area (Å²) < 4.78 is 0. The Morgan fingerprint density at radius 2 is 2.05 bits per heavy atom. The Morgan fingerprint density at radius 1 is 1.40 bits per heavy atom. The van der Waals surface area contributed by atoms with Crippen LogP contribution in [0, 0.1) is 0 Å². The van der Waals surface area contributed by atoms with Gasteiger partial charge in [-0.2, -0.15) is 0 Å². The third kappa shape index (κ3) is 4.79. The van der Waals surface area contributed by atoms with E-state index < -0.39 is 0 Å². The van der Waals surface area contributed by atoms with Crippen LogP contribution in [0.2, 0.25) is 10.0 Å². The number of carbonyl (C=O) groups excluding carboxylic acids is 1. The summed E-state index contributed by atoms with van der Waals surface area (Å²) in [6.07, 6.45) is 1.41. The quantitative estimate of drug-likeness (QED) is 0.887. The normalized spacial score (nSPS) is 18.6. The SMILES string of the molecule is Cl.N[C@@H]1CCN(CCC(=O)Nc2c(Cl)cccc2Cl)C1. The highest BCUT2D eigenvalue weighted by molar-refractivity contribution is 6.39. The summed E-state index contributed by atoms with van der Waals surface area (Å²) in [6.45, 7) is 2.53. The highest BCUT2D eigenvalue weighted by Gasteiger charge is 2.19. The molecule has 1 aromatic rings. The maximum absolute atomic E-state index is 11.9. The molecule has 1 heterocycles. The number of nitrogens with zero attached hydrogens (tertiary/aromatic N) is 1. The number of hydrogen-bond donors (Lipinski definition) is 2. The molecule has 0 unspecified atom stereocenters. The first-order valence-electron chi connectivity index (χ1n) is 6.28. The smallest absolute Gasteiger partial charge is 0.225 e. The van der Waals surface area contributed by atoms with Gasteiger partial charge in [0.05, 0.1) is 15.7 Å². The van der Waals surface area contributed by atoms with Gasteiger partial charge < -0.3 is 16.0 Å². The van der Waals surface area contributed by atoms with Gasteiger partial charge in [0, 0.05) is 25.6 Å². The lowest BCUT2D eigenvalue weighted by Crippen LogP contribution is -2.29. The van der Waals surface area contributed by atoms with Crippen LogP contribution in [-0.4, -0.2) is 36.5 Å². The second kappa shape index (κ2) is 8.05. The predicted molar refractivity (Wildman–Crippen MR) is 86.0 cm³/mol. The molecule has 7 heteroatoms. The third-order valence-electron chi connectivity index (χ3n) is 3.19. The van der Waals surface area contributed by atoms with Crippen LogP contribution in [0.1, 0.15) is 12.8 Å².